The molecule has 1 atom stereocenters. The number of carbonyl (C=O) groups is 2. The highest BCUT2D eigenvalue weighted by atomic mass is 32.2. The van der Waals surface area contributed by atoms with Gasteiger partial charge in [-0.3, -0.25) is 9.59 Å². The Labute approximate surface area is 174 Å². The number of aromatic nitrogens is 2. The zero-order chi connectivity index (χ0) is 20.2. The van der Waals surface area contributed by atoms with Gasteiger partial charge in [-0.15, -0.1) is 11.8 Å². The van der Waals surface area contributed by atoms with E-state index in [1.54, 1.807) is 11.8 Å². The van der Waals surface area contributed by atoms with Gasteiger partial charge in [0.25, 0.3) is 5.91 Å². The van der Waals surface area contributed by atoms with Gasteiger partial charge in [-0.2, -0.15) is 0 Å². The van der Waals surface area contributed by atoms with Crippen LogP contribution in [0.3, 0.4) is 0 Å². The number of rotatable bonds is 7. The number of carbonyl (C=O) groups excluding carboxylic acids is 2. The lowest BCUT2D eigenvalue weighted by Crippen LogP contribution is -2.42. The fraction of sp³-hybridized carbons (Fsp3) is 0.318. The second-order valence-corrected chi connectivity index (χ2v) is 8.32. The van der Waals surface area contributed by atoms with Gasteiger partial charge in [-0.25, -0.2) is 4.98 Å². The Morgan fingerprint density at radius 3 is 2.86 bits per heavy atom. The molecule has 0 unspecified atom stereocenters. The lowest BCUT2D eigenvalue weighted by Gasteiger charge is -2.22. The van der Waals surface area contributed by atoms with E-state index < -0.39 is 0 Å². The third-order valence-corrected chi connectivity index (χ3v) is 6.07. The summed E-state index contributed by atoms with van der Waals surface area (Å²) in [4.78, 5) is 32.0. The van der Waals surface area contributed by atoms with Gasteiger partial charge in [-0.05, 0) is 37.6 Å². The zero-order valence-electron chi connectivity index (χ0n) is 16.4. The highest BCUT2D eigenvalue weighted by Crippen LogP contribution is 2.26. The maximum atomic E-state index is 12.8. The van der Waals surface area contributed by atoms with Gasteiger partial charge < -0.3 is 14.6 Å². The van der Waals surface area contributed by atoms with Crippen LogP contribution in [0.25, 0.3) is 5.65 Å². The van der Waals surface area contributed by atoms with Crippen LogP contribution in [0.2, 0.25) is 0 Å². The summed E-state index contributed by atoms with van der Waals surface area (Å²) in [6.45, 7) is 3.28. The molecule has 1 N–H and O–H groups in total. The Morgan fingerprint density at radius 2 is 2.07 bits per heavy atom. The monoisotopic (exact) mass is 408 g/mol. The molecule has 4 rings (SSSR count). The lowest BCUT2D eigenvalue weighted by atomic mass is 10.2. The van der Waals surface area contributed by atoms with E-state index in [1.807, 2.05) is 71.1 Å². The molecule has 7 heteroatoms. The van der Waals surface area contributed by atoms with Crippen molar-refractivity contribution in [3.8, 4) is 0 Å². The molecule has 0 radical (unpaired) electrons. The molecule has 1 aliphatic heterocycles. The molecule has 6 nitrogen and oxygen atoms in total. The average molecular weight is 409 g/mol. The predicted octanol–water partition coefficient (Wildman–Crippen LogP) is 3.37. The first-order valence-corrected chi connectivity index (χ1v) is 10.8. The van der Waals surface area contributed by atoms with Crippen LogP contribution in [0.15, 0.2) is 59.8 Å². The van der Waals surface area contributed by atoms with Crippen molar-refractivity contribution < 1.29 is 9.59 Å². The topological polar surface area (TPSA) is 66.7 Å². The second kappa shape index (κ2) is 8.69. The van der Waals surface area contributed by atoms with E-state index in [0.717, 1.165) is 29.2 Å². The third-order valence-electron chi connectivity index (χ3n) is 4.96. The van der Waals surface area contributed by atoms with Crippen LogP contribution in [-0.4, -0.2) is 45.2 Å². The largest absolute Gasteiger partial charge is 0.348 e. The van der Waals surface area contributed by atoms with Crippen molar-refractivity contribution in [3.05, 3.63) is 66.1 Å². The predicted molar refractivity (Wildman–Crippen MR) is 114 cm³/mol. The number of benzene rings is 1. The van der Waals surface area contributed by atoms with E-state index in [1.165, 1.54) is 0 Å². The molecule has 29 heavy (non-hydrogen) atoms. The summed E-state index contributed by atoms with van der Waals surface area (Å²) >= 11 is 1.60. The average Bonchev–Trinajstić information content (AvgIpc) is 3.32. The van der Waals surface area contributed by atoms with Crippen molar-refractivity contribution in [3.63, 3.8) is 0 Å². The van der Waals surface area contributed by atoms with Crippen molar-refractivity contribution in [1.82, 2.24) is 19.6 Å². The molecule has 2 aromatic heterocycles. The molecule has 0 spiro atoms. The maximum Gasteiger partial charge on any atom is 0.252 e. The summed E-state index contributed by atoms with van der Waals surface area (Å²) in [7, 11) is 0. The number of imidazole rings is 1. The van der Waals surface area contributed by atoms with E-state index in [-0.39, 0.29) is 17.9 Å². The number of nitrogens with one attached hydrogen (secondary N) is 1. The summed E-state index contributed by atoms with van der Waals surface area (Å²) < 4.78 is 2.00. The molecule has 1 aliphatic rings. The Kier molecular flexibility index (Phi) is 5.85. The molecular weight excluding hydrogens is 384 g/mol. The van der Waals surface area contributed by atoms with Gasteiger partial charge in [0.15, 0.2) is 0 Å². The normalized spacial score (nSPS) is 15.1. The van der Waals surface area contributed by atoms with Gasteiger partial charge in [0, 0.05) is 48.6 Å². The number of fused-ring (bicyclic) bond motifs is 1. The van der Waals surface area contributed by atoms with Gasteiger partial charge in [0.1, 0.15) is 5.65 Å². The van der Waals surface area contributed by atoms with E-state index in [4.69, 9.17) is 0 Å². The minimum atomic E-state index is -0.109. The molecule has 0 bridgehead atoms. The summed E-state index contributed by atoms with van der Waals surface area (Å²) in [5.41, 5.74) is 2.54. The Balaban J connectivity index is 1.40. The Morgan fingerprint density at radius 1 is 1.24 bits per heavy atom. The molecule has 1 aromatic carbocycles. The van der Waals surface area contributed by atoms with Gasteiger partial charge in [-0.1, -0.05) is 18.2 Å². The quantitative estimate of drug-likeness (QED) is 0.609. The fourth-order valence-electron chi connectivity index (χ4n) is 3.56. The minimum Gasteiger partial charge on any atom is -0.348 e. The van der Waals surface area contributed by atoms with Crippen LogP contribution in [0.5, 0.6) is 0 Å². The molecule has 0 saturated carbocycles. The molecule has 2 amide bonds. The highest BCUT2D eigenvalue weighted by molar-refractivity contribution is 7.98. The van der Waals surface area contributed by atoms with Crippen LogP contribution in [-0.2, 0) is 10.5 Å². The molecular formula is C22H24N4O2S. The maximum absolute atomic E-state index is 12.8. The number of nitrogens with zero attached hydrogens (tertiary/aromatic N) is 3. The Hall–Kier alpha value is -2.80. The number of hydrogen-bond acceptors (Lipinski definition) is 4. The Bertz CT molecular complexity index is 999. The van der Waals surface area contributed by atoms with Crippen LogP contribution in [0, 0.1) is 0 Å². The standard InChI is InChI=1S/C22H24N4O2S/c1-16(13-26-12-6-10-21(26)27)23-22(28)18-7-2-3-8-19(18)29-15-17-14-25-11-5-4-9-20(25)24-17/h2-5,7-9,11,14,16H,6,10,12-13,15H2,1H3,(H,23,28)/t16-/m0/s1. The smallest absolute Gasteiger partial charge is 0.252 e. The molecule has 1 fully saturated rings. The van der Waals surface area contributed by atoms with E-state index in [0.29, 0.717) is 24.3 Å². The lowest BCUT2D eigenvalue weighted by molar-refractivity contribution is -0.127. The molecule has 3 heterocycles. The van der Waals surface area contributed by atoms with E-state index in [2.05, 4.69) is 10.3 Å². The first-order valence-electron chi connectivity index (χ1n) is 9.83. The summed E-state index contributed by atoms with van der Waals surface area (Å²) in [5.74, 6) is 0.751. The highest BCUT2D eigenvalue weighted by Gasteiger charge is 2.23. The first-order chi connectivity index (χ1) is 14.1. The van der Waals surface area contributed by atoms with Crippen molar-refractivity contribution in [2.45, 2.75) is 36.5 Å². The fourth-order valence-corrected chi connectivity index (χ4v) is 4.50. The van der Waals surface area contributed by atoms with Gasteiger partial charge >= 0.3 is 0 Å². The number of thioether (sulfide) groups is 1. The van der Waals surface area contributed by atoms with Crippen molar-refractivity contribution >= 4 is 29.2 Å². The molecule has 1 saturated heterocycles. The van der Waals surface area contributed by atoms with Crippen molar-refractivity contribution in [2.24, 2.45) is 0 Å². The van der Waals surface area contributed by atoms with Crippen LogP contribution < -0.4 is 5.32 Å². The number of amides is 2. The van der Waals surface area contributed by atoms with Crippen LogP contribution >= 0.6 is 11.8 Å². The van der Waals surface area contributed by atoms with Gasteiger partial charge in [0.05, 0.1) is 11.3 Å². The number of likely N-dealkylation sites (tertiary alicyclic amines) is 1. The van der Waals surface area contributed by atoms with Crippen LogP contribution in [0.4, 0.5) is 0 Å². The molecule has 150 valence electrons. The van der Waals surface area contributed by atoms with Crippen molar-refractivity contribution in [1.29, 1.82) is 0 Å². The third kappa shape index (κ3) is 4.62. The first kappa shape index (κ1) is 19.5. The number of pyridine rings is 1. The van der Waals surface area contributed by atoms with Crippen LogP contribution in [0.1, 0.15) is 35.8 Å². The van der Waals surface area contributed by atoms with Gasteiger partial charge in [0.2, 0.25) is 5.91 Å². The number of hydrogen-bond donors (Lipinski definition) is 1. The van der Waals surface area contributed by atoms with E-state index in [9.17, 15) is 9.59 Å². The molecule has 0 aliphatic carbocycles. The van der Waals surface area contributed by atoms with E-state index >= 15 is 0 Å². The second-order valence-electron chi connectivity index (χ2n) is 7.30. The molecule has 3 aromatic rings. The summed E-state index contributed by atoms with van der Waals surface area (Å²) in [6.07, 6.45) is 5.51. The minimum absolute atomic E-state index is 0.0963. The SMILES string of the molecule is C[C@@H](CN1CCCC1=O)NC(=O)c1ccccc1SCc1cn2ccccc2n1. The zero-order valence-corrected chi connectivity index (χ0v) is 17.2. The van der Waals surface area contributed by atoms with Crippen molar-refractivity contribution in [2.75, 3.05) is 13.1 Å². The summed E-state index contributed by atoms with van der Waals surface area (Å²) in [5, 5.41) is 3.04. The summed E-state index contributed by atoms with van der Waals surface area (Å²) in [6, 6.07) is 13.4.